The molecule has 2 aromatic rings. The van der Waals surface area contributed by atoms with E-state index in [0.29, 0.717) is 0 Å². The van der Waals surface area contributed by atoms with Crippen LogP contribution in [0.3, 0.4) is 0 Å². The van der Waals surface area contributed by atoms with Crippen LogP contribution in [0.4, 0.5) is 0 Å². The van der Waals surface area contributed by atoms with Gasteiger partial charge >= 0.3 is 0 Å². The first-order chi connectivity index (χ1) is 7.66. The number of hydrogen-bond donors (Lipinski definition) is 1. The Balaban J connectivity index is 2.14. The third-order valence-corrected chi connectivity index (χ3v) is 4.52. The van der Waals surface area contributed by atoms with Gasteiger partial charge in [-0.1, -0.05) is 29.8 Å². The normalized spacial score (nSPS) is 12.7. The van der Waals surface area contributed by atoms with Crippen molar-refractivity contribution >= 4 is 27.3 Å². The van der Waals surface area contributed by atoms with E-state index >= 15 is 0 Å². The molecule has 1 unspecified atom stereocenters. The van der Waals surface area contributed by atoms with Crippen molar-refractivity contribution in [1.29, 1.82) is 0 Å². The van der Waals surface area contributed by atoms with Crippen molar-refractivity contribution in [1.82, 2.24) is 0 Å². The van der Waals surface area contributed by atoms with E-state index in [1.54, 1.807) is 11.3 Å². The van der Waals surface area contributed by atoms with Crippen molar-refractivity contribution in [2.24, 2.45) is 5.73 Å². The molecule has 1 aromatic carbocycles. The second-order valence-corrected chi connectivity index (χ2v) is 5.77. The molecule has 0 saturated heterocycles. The van der Waals surface area contributed by atoms with Crippen LogP contribution < -0.4 is 5.73 Å². The van der Waals surface area contributed by atoms with Gasteiger partial charge in [-0.15, -0.1) is 11.3 Å². The Hall–Kier alpha value is -0.640. The van der Waals surface area contributed by atoms with Gasteiger partial charge in [0.05, 0.1) is 0 Å². The molecular weight excluding hydrogens is 282 g/mol. The fourth-order valence-electron chi connectivity index (χ4n) is 1.69. The number of benzene rings is 1. The SMILES string of the molecule is Cc1cccc(C(N)Cc2sccc2Br)c1. The van der Waals surface area contributed by atoms with Crippen LogP contribution in [0.1, 0.15) is 22.0 Å². The predicted octanol–water partition coefficient (Wildman–Crippen LogP) is 4.06. The summed E-state index contributed by atoms with van der Waals surface area (Å²) in [6.45, 7) is 2.09. The Morgan fingerprint density at radius 2 is 2.19 bits per heavy atom. The van der Waals surface area contributed by atoms with Crippen molar-refractivity contribution in [3.05, 3.63) is 56.2 Å². The fourth-order valence-corrected chi connectivity index (χ4v) is 3.26. The average molecular weight is 296 g/mol. The summed E-state index contributed by atoms with van der Waals surface area (Å²) in [5, 5.41) is 2.09. The van der Waals surface area contributed by atoms with Crippen LogP contribution in [-0.4, -0.2) is 0 Å². The largest absolute Gasteiger partial charge is 0.324 e. The minimum Gasteiger partial charge on any atom is -0.324 e. The van der Waals surface area contributed by atoms with Crippen molar-refractivity contribution < 1.29 is 0 Å². The monoisotopic (exact) mass is 295 g/mol. The minimum atomic E-state index is 0.0786. The topological polar surface area (TPSA) is 26.0 Å². The van der Waals surface area contributed by atoms with Gasteiger partial charge in [-0.2, -0.15) is 0 Å². The van der Waals surface area contributed by atoms with E-state index in [1.807, 2.05) is 0 Å². The van der Waals surface area contributed by atoms with Crippen LogP contribution in [-0.2, 0) is 6.42 Å². The molecule has 1 aromatic heterocycles. The van der Waals surface area contributed by atoms with E-state index in [4.69, 9.17) is 5.73 Å². The van der Waals surface area contributed by atoms with Crippen LogP contribution in [0.25, 0.3) is 0 Å². The van der Waals surface area contributed by atoms with Crippen molar-refractivity contribution in [3.8, 4) is 0 Å². The number of thiophene rings is 1. The molecule has 1 heterocycles. The molecule has 2 N–H and O–H groups in total. The van der Waals surface area contributed by atoms with Crippen molar-refractivity contribution in [3.63, 3.8) is 0 Å². The highest BCUT2D eigenvalue weighted by Crippen LogP contribution is 2.27. The zero-order valence-corrected chi connectivity index (χ0v) is 11.5. The van der Waals surface area contributed by atoms with Crippen LogP contribution in [0, 0.1) is 6.92 Å². The van der Waals surface area contributed by atoms with Gasteiger partial charge in [-0.25, -0.2) is 0 Å². The van der Waals surface area contributed by atoms with E-state index < -0.39 is 0 Å². The third-order valence-electron chi connectivity index (χ3n) is 2.57. The lowest BCUT2D eigenvalue weighted by Gasteiger charge is -2.12. The van der Waals surface area contributed by atoms with E-state index in [-0.39, 0.29) is 6.04 Å². The molecule has 0 aliphatic rings. The molecule has 0 aliphatic heterocycles. The molecule has 2 rings (SSSR count). The first-order valence-corrected chi connectivity index (χ1v) is 6.88. The summed E-state index contributed by atoms with van der Waals surface area (Å²) in [5.41, 5.74) is 8.68. The maximum atomic E-state index is 6.21. The molecule has 0 fully saturated rings. The molecule has 0 saturated carbocycles. The van der Waals surface area contributed by atoms with Crippen molar-refractivity contribution in [2.75, 3.05) is 0 Å². The van der Waals surface area contributed by atoms with Crippen molar-refractivity contribution in [2.45, 2.75) is 19.4 Å². The number of halogens is 1. The standard InChI is InChI=1S/C13H14BrNS/c1-9-3-2-4-10(7-9)12(15)8-13-11(14)5-6-16-13/h2-7,12H,8,15H2,1H3. The zero-order valence-electron chi connectivity index (χ0n) is 9.11. The summed E-state index contributed by atoms with van der Waals surface area (Å²) in [5.74, 6) is 0. The highest BCUT2D eigenvalue weighted by atomic mass is 79.9. The highest BCUT2D eigenvalue weighted by Gasteiger charge is 2.10. The van der Waals surface area contributed by atoms with Gasteiger partial charge < -0.3 is 5.73 Å². The van der Waals surface area contributed by atoms with Gasteiger partial charge in [0.2, 0.25) is 0 Å². The Bertz CT molecular complexity index is 478. The molecule has 0 spiro atoms. The van der Waals surface area contributed by atoms with Crippen LogP contribution in [0.15, 0.2) is 40.2 Å². The summed E-state index contributed by atoms with van der Waals surface area (Å²) in [6.07, 6.45) is 0.891. The molecule has 3 heteroatoms. The van der Waals surface area contributed by atoms with Gasteiger partial charge in [-0.3, -0.25) is 0 Å². The lowest BCUT2D eigenvalue weighted by Crippen LogP contribution is -2.12. The number of rotatable bonds is 3. The third kappa shape index (κ3) is 2.73. The molecule has 0 amide bonds. The molecule has 0 bridgehead atoms. The molecule has 16 heavy (non-hydrogen) atoms. The average Bonchev–Trinajstić information content (AvgIpc) is 2.64. The Labute approximate surface area is 108 Å². The number of nitrogens with two attached hydrogens (primary N) is 1. The maximum absolute atomic E-state index is 6.21. The molecule has 1 atom stereocenters. The molecule has 0 aliphatic carbocycles. The van der Waals surface area contributed by atoms with Gasteiger partial charge in [-0.05, 0) is 39.9 Å². The summed E-state index contributed by atoms with van der Waals surface area (Å²) < 4.78 is 1.17. The lowest BCUT2D eigenvalue weighted by atomic mass is 10.0. The Kier molecular flexibility index (Phi) is 3.79. The highest BCUT2D eigenvalue weighted by molar-refractivity contribution is 9.10. The lowest BCUT2D eigenvalue weighted by molar-refractivity contribution is 0.728. The summed E-state index contributed by atoms with van der Waals surface area (Å²) >= 11 is 5.29. The minimum absolute atomic E-state index is 0.0786. The quantitative estimate of drug-likeness (QED) is 0.908. The van der Waals surface area contributed by atoms with Gasteiger partial charge in [0, 0.05) is 21.8 Å². The van der Waals surface area contributed by atoms with Crippen LogP contribution >= 0.6 is 27.3 Å². The first-order valence-electron chi connectivity index (χ1n) is 5.21. The number of hydrogen-bond acceptors (Lipinski definition) is 2. The second kappa shape index (κ2) is 5.13. The smallest absolute Gasteiger partial charge is 0.0344 e. The zero-order chi connectivity index (χ0) is 11.5. The predicted molar refractivity (Wildman–Crippen MR) is 73.8 cm³/mol. The molecular formula is C13H14BrNS. The summed E-state index contributed by atoms with van der Waals surface area (Å²) in [6, 6.07) is 10.6. The van der Waals surface area contributed by atoms with Gasteiger partial charge in [0.1, 0.15) is 0 Å². The van der Waals surface area contributed by atoms with Gasteiger partial charge in [0.15, 0.2) is 0 Å². The fraction of sp³-hybridized carbons (Fsp3) is 0.231. The molecule has 0 radical (unpaired) electrons. The van der Waals surface area contributed by atoms with E-state index in [0.717, 1.165) is 6.42 Å². The van der Waals surface area contributed by atoms with Crippen LogP contribution in [0.2, 0.25) is 0 Å². The Morgan fingerprint density at radius 3 is 2.81 bits per heavy atom. The summed E-state index contributed by atoms with van der Waals surface area (Å²) in [4.78, 5) is 1.31. The van der Waals surface area contributed by atoms with Gasteiger partial charge in [0.25, 0.3) is 0 Å². The van der Waals surface area contributed by atoms with E-state index in [9.17, 15) is 0 Å². The summed E-state index contributed by atoms with van der Waals surface area (Å²) in [7, 11) is 0. The molecule has 1 nitrogen and oxygen atoms in total. The molecule has 84 valence electrons. The number of aryl methyl sites for hydroxylation is 1. The van der Waals surface area contributed by atoms with E-state index in [2.05, 4.69) is 58.6 Å². The van der Waals surface area contributed by atoms with Crippen LogP contribution in [0.5, 0.6) is 0 Å². The van der Waals surface area contributed by atoms with E-state index in [1.165, 1.54) is 20.5 Å². The Morgan fingerprint density at radius 1 is 1.38 bits per heavy atom. The first kappa shape index (κ1) is 11.8. The maximum Gasteiger partial charge on any atom is 0.0344 e. The second-order valence-electron chi connectivity index (χ2n) is 3.92.